The van der Waals surface area contributed by atoms with Crippen LogP contribution in [0.4, 0.5) is 5.69 Å². The Morgan fingerprint density at radius 1 is 1.22 bits per heavy atom. The lowest BCUT2D eigenvalue weighted by atomic mass is 10.3. The van der Waals surface area contributed by atoms with Gasteiger partial charge in [0.2, 0.25) is 0 Å². The lowest BCUT2D eigenvalue weighted by molar-refractivity contribution is -0.147. The van der Waals surface area contributed by atoms with Gasteiger partial charge in [0.15, 0.2) is 18.1 Å². The summed E-state index contributed by atoms with van der Waals surface area (Å²) in [7, 11) is 1.48. The fourth-order valence-corrected chi connectivity index (χ4v) is 2.59. The van der Waals surface area contributed by atoms with Crippen LogP contribution in [0.2, 0.25) is 5.02 Å². The minimum atomic E-state index is -0.523. The Kier molecular flexibility index (Phi) is 5.93. The molecule has 0 aliphatic rings. The summed E-state index contributed by atoms with van der Waals surface area (Å²) in [6.45, 7) is -0.415. The quantitative estimate of drug-likeness (QED) is 0.622. The number of benzene rings is 2. The largest absolute Gasteiger partial charge is 0.495 e. The molecule has 3 aromatic rings. The number of hydrogen-bond acceptors (Lipinski definition) is 6. The predicted octanol–water partition coefficient (Wildman–Crippen LogP) is 3.60. The third-order valence-corrected chi connectivity index (χ3v) is 3.92. The zero-order valence-corrected chi connectivity index (χ0v) is 15.3. The number of rotatable bonds is 7. The maximum atomic E-state index is 12.0. The van der Waals surface area contributed by atoms with Gasteiger partial charge in [0, 0.05) is 11.4 Å². The van der Waals surface area contributed by atoms with Crippen molar-refractivity contribution in [2.24, 2.45) is 0 Å². The molecule has 0 bridgehead atoms. The van der Waals surface area contributed by atoms with E-state index in [9.17, 15) is 9.59 Å². The lowest BCUT2D eigenvalue weighted by Gasteiger charge is -2.10. The summed E-state index contributed by atoms with van der Waals surface area (Å²) in [5.41, 5.74) is 1.80. The van der Waals surface area contributed by atoms with E-state index in [0.29, 0.717) is 27.9 Å². The highest BCUT2D eigenvalue weighted by Crippen LogP contribution is 2.27. The molecule has 7 nitrogen and oxygen atoms in total. The number of nitrogens with zero attached hydrogens (tertiary/aromatic N) is 1. The maximum absolute atomic E-state index is 12.0. The second kappa shape index (κ2) is 8.55. The summed E-state index contributed by atoms with van der Waals surface area (Å²) in [5.74, 6) is -0.118. The van der Waals surface area contributed by atoms with Crippen molar-refractivity contribution in [2.45, 2.75) is 12.8 Å². The van der Waals surface area contributed by atoms with E-state index >= 15 is 0 Å². The van der Waals surface area contributed by atoms with E-state index in [1.54, 1.807) is 24.3 Å². The number of anilines is 1. The summed E-state index contributed by atoms with van der Waals surface area (Å²) >= 11 is 5.91. The molecule has 0 unspecified atom stereocenters. The summed E-state index contributed by atoms with van der Waals surface area (Å²) in [6.07, 6.45) is 0.345. The van der Waals surface area contributed by atoms with Gasteiger partial charge in [-0.1, -0.05) is 23.7 Å². The summed E-state index contributed by atoms with van der Waals surface area (Å²) < 4.78 is 15.7. The Morgan fingerprint density at radius 2 is 2.04 bits per heavy atom. The number of carbonyl (C=O) groups is 2. The molecule has 0 radical (unpaired) electrons. The summed E-state index contributed by atoms with van der Waals surface area (Å²) in [6, 6.07) is 12.2. The van der Waals surface area contributed by atoms with Gasteiger partial charge in [0.1, 0.15) is 11.3 Å². The van der Waals surface area contributed by atoms with Crippen LogP contribution >= 0.6 is 11.6 Å². The van der Waals surface area contributed by atoms with Crippen molar-refractivity contribution < 1.29 is 23.5 Å². The average molecular weight is 389 g/mol. The van der Waals surface area contributed by atoms with Crippen LogP contribution < -0.4 is 10.1 Å². The molecule has 1 N–H and O–H groups in total. The number of aromatic nitrogens is 1. The predicted molar refractivity (Wildman–Crippen MR) is 99.9 cm³/mol. The van der Waals surface area contributed by atoms with Crippen LogP contribution in [0, 0.1) is 0 Å². The zero-order chi connectivity index (χ0) is 19.2. The van der Waals surface area contributed by atoms with Gasteiger partial charge in [-0.2, -0.15) is 0 Å². The highest BCUT2D eigenvalue weighted by Gasteiger charge is 2.13. The standard InChI is InChI=1S/C19H17ClN2O5/c1-25-15-7-6-12(20)10-14(15)21-17(23)11-26-19(24)9-8-18-22-13-4-2-3-5-16(13)27-18/h2-7,10H,8-9,11H2,1H3,(H,21,23). The van der Waals surface area contributed by atoms with Gasteiger partial charge in [-0.3, -0.25) is 9.59 Å². The number of ether oxygens (including phenoxy) is 2. The van der Waals surface area contributed by atoms with Crippen molar-refractivity contribution in [1.82, 2.24) is 4.98 Å². The molecule has 0 atom stereocenters. The molecule has 0 aliphatic carbocycles. The second-order valence-corrected chi connectivity index (χ2v) is 6.07. The van der Waals surface area contributed by atoms with Crippen molar-refractivity contribution in [1.29, 1.82) is 0 Å². The molecule has 0 fully saturated rings. The fourth-order valence-electron chi connectivity index (χ4n) is 2.42. The van der Waals surface area contributed by atoms with Gasteiger partial charge in [-0.05, 0) is 30.3 Å². The summed E-state index contributed by atoms with van der Waals surface area (Å²) in [4.78, 5) is 28.1. The van der Waals surface area contributed by atoms with Gasteiger partial charge in [0.05, 0.1) is 19.2 Å². The number of nitrogens with one attached hydrogen (secondary N) is 1. The molecule has 0 aliphatic heterocycles. The molecule has 0 saturated carbocycles. The lowest BCUT2D eigenvalue weighted by Crippen LogP contribution is -2.21. The molecular formula is C19H17ClN2O5. The second-order valence-electron chi connectivity index (χ2n) is 5.63. The van der Waals surface area contributed by atoms with E-state index in [4.69, 9.17) is 25.5 Å². The number of para-hydroxylation sites is 2. The minimum absolute atomic E-state index is 0.0561. The molecule has 2 aromatic carbocycles. The molecule has 140 valence electrons. The first-order chi connectivity index (χ1) is 13.0. The van der Waals surface area contributed by atoms with E-state index in [0.717, 1.165) is 5.52 Å². The van der Waals surface area contributed by atoms with Crippen LogP contribution in [0.1, 0.15) is 12.3 Å². The topological polar surface area (TPSA) is 90.7 Å². The van der Waals surface area contributed by atoms with E-state index in [2.05, 4.69) is 10.3 Å². The van der Waals surface area contributed by atoms with Crippen molar-refractivity contribution in [3.8, 4) is 5.75 Å². The number of hydrogen-bond donors (Lipinski definition) is 1. The van der Waals surface area contributed by atoms with Crippen LogP contribution in [0.3, 0.4) is 0 Å². The Balaban J connectivity index is 1.47. The Hall–Kier alpha value is -3.06. The molecule has 1 aromatic heterocycles. The molecule has 3 rings (SSSR count). The van der Waals surface area contributed by atoms with Gasteiger partial charge in [-0.25, -0.2) is 4.98 Å². The fraction of sp³-hybridized carbons (Fsp3) is 0.211. The third kappa shape index (κ3) is 4.98. The first-order valence-corrected chi connectivity index (χ1v) is 8.56. The van der Waals surface area contributed by atoms with Crippen LogP contribution in [-0.2, 0) is 20.7 Å². The van der Waals surface area contributed by atoms with E-state index in [1.807, 2.05) is 18.2 Å². The number of amides is 1. The van der Waals surface area contributed by atoms with Crippen molar-refractivity contribution in [2.75, 3.05) is 19.0 Å². The molecule has 0 saturated heterocycles. The SMILES string of the molecule is COc1ccc(Cl)cc1NC(=O)COC(=O)CCc1nc2ccccc2o1. The highest BCUT2D eigenvalue weighted by molar-refractivity contribution is 6.31. The zero-order valence-electron chi connectivity index (χ0n) is 14.5. The first kappa shape index (κ1) is 18.7. The van der Waals surface area contributed by atoms with Gasteiger partial charge in [-0.15, -0.1) is 0 Å². The van der Waals surface area contributed by atoms with Gasteiger partial charge < -0.3 is 19.2 Å². The molecule has 0 spiro atoms. The number of aryl methyl sites for hydroxylation is 1. The Labute approximate surface area is 160 Å². The minimum Gasteiger partial charge on any atom is -0.495 e. The van der Waals surface area contributed by atoms with Crippen LogP contribution in [-0.4, -0.2) is 30.6 Å². The molecule has 1 heterocycles. The van der Waals surface area contributed by atoms with Crippen molar-refractivity contribution >= 4 is 40.3 Å². The van der Waals surface area contributed by atoms with Crippen LogP contribution in [0.25, 0.3) is 11.1 Å². The van der Waals surface area contributed by atoms with Crippen LogP contribution in [0.15, 0.2) is 46.9 Å². The number of halogens is 1. The Bertz CT molecular complexity index is 937. The van der Waals surface area contributed by atoms with Crippen LogP contribution in [0.5, 0.6) is 5.75 Å². The van der Waals surface area contributed by atoms with Crippen molar-refractivity contribution in [3.05, 3.63) is 53.4 Å². The number of methoxy groups -OCH3 is 1. The number of carbonyl (C=O) groups excluding carboxylic acids is 2. The van der Waals surface area contributed by atoms with E-state index < -0.39 is 18.5 Å². The number of esters is 1. The monoisotopic (exact) mass is 388 g/mol. The van der Waals surface area contributed by atoms with Gasteiger partial charge in [0.25, 0.3) is 5.91 Å². The van der Waals surface area contributed by atoms with E-state index in [1.165, 1.54) is 7.11 Å². The normalized spacial score (nSPS) is 10.6. The number of oxazole rings is 1. The molecule has 27 heavy (non-hydrogen) atoms. The molecule has 8 heteroatoms. The number of fused-ring (bicyclic) bond motifs is 1. The highest BCUT2D eigenvalue weighted by atomic mass is 35.5. The third-order valence-electron chi connectivity index (χ3n) is 3.68. The first-order valence-electron chi connectivity index (χ1n) is 8.18. The van der Waals surface area contributed by atoms with E-state index in [-0.39, 0.29) is 12.8 Å². The maximum Gasteiger partial charge on any atom is 0.306 e. The summed E-state index contributed by atoms with van der Waals surface area (Å²) in [5, 5.41) is 3.04. The Morgan fingerprint density at radius 3 is 2.81 bits per heavy atom. The van der Waals surface area contributed by atoms with Gasteiger partial charge >= 0.3 is 5.97 Å². The average Bonchev–Trinajstić information content (AvgIpc) is 3.08. The molecular weight excluding hydrogens is 372 g/mol. The van der Waals surface area contributed by atoms with Crippen molar-refractivity contribution in [3.63, 3.8) is 0 Å². The molecule has 1 amide bonds. The smallest absolute Gasteiger partial charge is 0.306 e.